The molecule has 0 aliphatic rings. The number of nitrogens with one attached hydrogen (secondary N) is 1. The van der Waals surface area contributed by atoms with E-state index in [2.05, 4.69) is 55.5 Å². The van der Waals surface area contributed by atoms with Crippen molar-refractivity contribution < 1.29 is 0 Å². The number of nitrogens with zero attached hydrogens (tertiary/aromatic N) is 2. The van der Waals surface area contributed by atoms with Crippen LogP contribution >= 0.6 is 0 Å². The first kappa shape index (κ1) is 15.7. The number of hydrogen-bond acceptors (Lipinski definition) is 3. The van der Waals surface area contributed by atoms with Crippen molar-refractivity contribution in [3.05, 3.63) is 36.2 Å². The number of rotatable bonds is 6. The van der Waals surface area contributed by atoms with E-state index in [1.165, 1.54) is 11.3 Å². The molecule has 3 nitrogen and oxygen atoms in total. The Balaban J connectivity index is 2.99. The average molecular weight is 261 g/mol. The maximum Gasteiger partial charge on any atom is 0.0448 e. The Morgan fingerprint density at radius 3 is 2.63 bits per heavy atom. The Bertz CT molecular complexity index is 418. The summed E-state index contributed by atoms with van der Waals surface area (Å²) in [6.45, 7) is 17.2. The second-order valence-electron chi connectivity index (χ2n) is 5.89. The molecule has 1 rings (SSSR count). The Hall–Kier alpha value is -1.35. The van der Waals surface area contributed by atoms with Gasteiger partial charge in [-0.3, -0.25) is 4.98 Å². The summed E-state index contributed by atoms with van der Waals surface area (Å²) < 4.78 is 0. The van der Waals surface area contributed by atoms with Crippen LogP contribution in [0.5, 0.6) is 0 Å². The highest BCUT2D eigenvalue weighted by atomic mass is 15.1. The first-order valence-electron chi connectivity index (χ1n) is 6.93. The van der Waals surface area contributed by atoms with Crippen molar-refractivity contribution in [3.63, 3.8) is 0 Å². The van der Waals surface area contributed by atoms with E-state index in [1.54, 1.807) is 0 Å². The van der Waals surface area contributed by atoms with Crippen LogP contribution in [0.4, 0.5) is 5.69 Å². The van der Waals surface area contributed by atoms with Crippen LogP contribution in [-0.4, -0.2) is 23.6 Å². The van der Waals surface area contributed by atoms with Crippen molar-refractivity contribution in [2.45, 2.75) is 46.7 Å². The van der Waals surface area contributed by atoms with E-state index < -0.39 is 0 Å². The van der Waals surface area contributed by atoms with Gasteiger partial charge in [0.2, 0.25) is 0 Å². The van der Waals surface area contributed by atoms with Gasteiger partial charge in [0.05, 0.1) is 0 Å². The predicted molar refractivity (Wildman–Crippen MR) is 83.7 cm³/mol. The van der Waals surface area contributed by atoms with Gasteiger partial charge in [0.1, 0.15) is 0 Å². The number of aromatic nitrogens is 1. The van der Waals surface area contributed by atoms with Crippen LogP contribution in [0.1, 0.15) is 39.0 Å². The zero-order valence-corrected chi connectivity index (χ0v) is 13.0. The molecule has 0 atom stereocenters. The van der Waals surface area contributed by atoms with Gasteiger partial charge in [-0.25, -0.2) is 0 Å². The number of pyridine rings is 1. The molecule has 1 aromatic heterocycles. The van der Waals surface area contributed by atoms with Crippen LogP contribution in [0.2, 0.25) is 0 Å². The Labute approximate surface area is 117 Å². The molecule has 19 heavy (non-hydrogen) atoms. The van der Waals surface area contributed by atoms with Crippen LogP contribution in [0.3, 0.4) is 0 Å². The molecule has 1 aromatic rings. The minimum absolute atomic E-state index is 0.109. The van der Waals surface area contributed by atoms with Crippen molar-refractivity contribution in [2.75, 3.05) is 18.0 Å². The van der Waals surface area contributed by atoms with Gasteiger partial charge >= 0.3 is 0 Å². The second-order valence-corrected chi connectivity index (χ2v) is 5.89. The minimum atomic E-state index is 0.109. The zero-order chi connectivity index (χ0) is 14.5. The van der Waals surface area contributed by atoms with Crippen molar-refractivity contribution in [1.29, 1.82) is 0 Å². The van der Waals surface area contributed by atoms with Crippen LogP contribution in [0, 0.1) is 6.92 Å². The SMILES string of the molecule is C=CCN(CC)c1cc(C)ncc1CNC(C)(C)C. The predicted octanol–water partition coefficient (Wildman–Crippen LogP) is 3.29. The van der Waals surface area contributed by atoms with Crippen molar-refractivity contribution in [3.8, 4) is 0 Å². The summed E-state index contributed by atoms with van der Waals surface area (Å²) in [4.78, 5) is 6.75. The van der Waals surface area contributed by atoms with E-state index in [0.29, 0.717) is 0 Å². The van der Waals surface area contributed by atoms with Gasteiger partial charge in [-0.1, -0.05) is 6.08 Å². The Morgan fingerprint density at radius 1 is 1.42 bits per heavy atom. The number of aryl methyl sites for hydroxylation is 1. The quantitative estimate of drug-likeness (QED) is 0.796. The second kappa shape index (κ2) is 6.71. The molecule has 0 aliphatic heterocycles. The molecule has 3 heteroatoms. The molecule has 106 valence electrons. The summed E-state index contributed by atoms with van der Waals surface area (Å²) in [5, 5.41) is 3.53. The summed E-state index contributed by atoms with van der Waals surface area (Å²) in [7, 11) is 0. The molecule has 0 saturated heterocycles. The highest BCUT2D eigenvalue weighted by molar-refractivity contribution is 5.54. The lowest BCUT2D eigenvalue weighted by atomic mass is 10.1. The monoisotopic (exact) mass is 261 g/mol. The smallest absolute Gasteiger partial charge is 0.0448 e. The lowest BCUT2D eigenvalue weighted by Crippen LogP contribution is -2.36. The van der Waals surface area contributed by atoms with Gasteiger partial charge < -0.3 is 10.2 Å². The van der Waals surface area contributed by atoms with Crippen LogP contribution < -0.4 is 10.2 Å². The summed E-state index contributed by atoms with van der Waals surface area (Å²) in [6.07, 6.45) is 3.93. The lowest BCUT2D eigenvalue weighted by molar-refractivity contribution is 0.424. The standard InChI is InChI=1S/C16H27N3/c1-7-9-19(8-2)15-10-13(3)17-11-14(15)12-18-16(4,5)6/h7,10-11,18H,1,8-9,12H2,2-6H3. The van der Waals surface area contributed by atoms with Gasteiger partial charge in [-0.15, -0.1) is 6.58 Å². The van der Waals surface area contributed by atoms with E-state index in [0.717, 1.165) is 25.3 Å². The molecule has 0 aromatic carbocycles. The fourth-order valence-electron chi connectivity index (χ4n) is 1.92. The summed E-state index contributed by atoms with van der Waals surface area (Å²) in [5.41, 5.74) is 3.66. The van der Waals surface area contributed by atoms with Crippen LogP contribution in [-0.2, 0) is 6.54 Å². The normalized spacial score (nSPS) is 11.4. The van der Waals surface area contributed by atoms with Gasteiger partial charge in [0, 0.05) is 48.3 Å². The molecule has 0 bridgehead atoms. The van der Waals surface area contributed by atoms with Crippen LogP contribution in [0.15, 0.2) is 24.9 Å². The number of anilines is 1. The lowest BCUT2D eigenvalue weighted by Gasteiger charge is -2.27. The molecule has 1 N–H and O–H groups in total. The molecule has 0 amide bonds. The van der Waals surface area contributed by atoms with Crippen molar-refractivity contribution >= 4 is 5.69 Å². The molecular weight excluding hydrogens is 234 g/mol. The third kappa shape index (κ3) is 5.03. The summed E-state index contributed by atoms with van der Waals surface area (Å²) in [5.74, 6) is 0. The minimum Gasteiger partial charge on any atom is -0.368 e. The molecule has 0 aliphatic carbocycles. The average Bonchev–Trinajstić information content (AvgIpc) is 2.33. The molecule has 0 unspecified atom stereocenters. The van der Waals surface area contributed by atoms with E-state index in [9.17, 15) is 0 Å². The molecule has 0 saturated carbocycles. The highest BCUT2D eigenvalue weighted by Gasteiger charge is 2.13. The maximum absolute atomic E-state index is 4.42. The van der Waals surface area contributed by atoms with E-state index in [4.69, 9.17) is 0 Å². The van der Waals surface area contributed by atoms with E-state index in [1.807, 2.05) is 19.2 Å². The van der Waals surface area contributed by atoms with Crippen molar-refractivity contribution in [2.24, 2.45) is 0 Å². The topological polar surface area (TPSA) is 28.2 Å². The van der Waals surface area contributed by atoms with Gasteiger partial charge in [-0.2, -0.15) is 0 Å². The number of hydrogen-bond donors (Lipinski definition) is 1. The Kier molecular flexibility index (Phi) is 5.55. The van der Waals surface area contributed by atoms with E-state index in [-0.39, 0.29) is 5.54 Å². The largest absolute Gasteiger partial charge is 0.368 e. The molecule has 0 radical (unpaired) electrons. The zero-order valence-electron chi connectivity index (χ0n) is 13.0. The number of likely N-dealkylation sites (N-methyl/N-ethyl adjacent to an activating group) is 1. The molecular formula is C16H27N3. The molecule has 0 fully saturated rings. The first-order valence-corrected chi connectivity index (χ1v) is 6.93. The molecule has 1 heterocycles. The van der Waals surface area contributed by atoms with Gasteiger partial charge in [0.15, 0.2) is 0 Å². The Morgan fingerprint density at radius 2 is 2.11 bits per heavy atom. The van der Waals surface area contributed by atoms with Gasteiger partial charge in [0.25, 0.3) is 0 Å². The summed E-state index contributed by atoms with van der Waals surface area (Å²) >= 11 is 0. The fraction of sp³-hybridized carbons (Fsp3) is 0.562. The third-order valence-electron chi connectivity index (χ3n) is 2.98. The summed E-state index contributed by atoms with van der Waals surface area (Å²) in [6, 6.07) is 2.16. The van der Waals surface area contributed by atoms with Crippen molar-refractivity contribution in [1.82, 2.24) is 10.3 Å². The van der Waals surface area contributed by atoms with E-state index >= 15 is 0 Å². The van der Waals surface area contributed by atoms with Gasteiger partial charge in [-0.05, 0) is 40.7 Å². The van der Waals surface area contributed by atoms with Crippen LogP contribution in [0.25, 0.3) is 0 Å². The third-order valence-corrected chi connectivity index (χ3v) is 2.98. The first-order chi connectivity index (χ1) is 8.87. The molecule has 0 spiro atoms. The fourth-order valence-corrected chi connectivity index (χ4v) is 1.92. The highest BCUT2D eigenvalue weighted by Crippen LogP contribution is 2.21. The maximum atomic E-state index is 4.42.